The molecule has 0 saturated heterocycles. The molecule has 1 aliphatic rings. The number of hydrogen-bond acceptors (Lipinski definition) is 8. The molecule has 1 aliphatic heterocycles. The molecule has 0 saturated carbocycles. The lowest BCUT2D eigenvalue weighted by atomic mass is 10.0. The Hall–Kier alpha value is -5.43. The first kappa shape index (κ1) is 27.4. The predicted molar refractivity (Wildman–Crippen MR) is 165 cm³/mol. The van der Waals surface area contributed by atoms with Crippen molar-refractivity contribution in [3.8, 4) is 39.7 Å². The molecule has 2 aromatic carbocycles. The number of hydrogen-bond donors (Lipinski definition) is 2. The number of benzene rings is 2. The molecule has 44 heavy (non-hydrogen) atoms. The van der Waals surface area contributed by atoms with Crippen molar-refractivity contribution in [2.24, 2.45) is 0 Å². The molecule has 5 heterocycles. The molecule has 13 heteroatoms. The van der Waals surface area contributed by atoms with E-state index in [0.29, 0.717) is 39.5 Å². The number of pyridine rings is 2. The average Bonchev–Trinajstić information content (AvgIpc) is 3.59. The summed E-state index contributed by atoms with van der Waals surface area (Å²) in [6, 6.07) is 16.1. The van der Waals surface area contributed by atoms with Crippen LogP contribution in [-0.2, 0) is 16.8 Å². The smallest absolute Gasteiger partial charge is 0.255 e. The Morgan fingerprint density at radius 2 is 1.86 bits per heavy atom. The number of rotatable bonds is 5. The van der Waals surface area contributed by atoms with E-state index in [1.165, 1.54) is 38.4 Å². The number of carbonyl (C=O) groups excluding carboxylic acids is 1. The number of nitrogen functional groups attached to an aromatic ring is 1. The van der Waals surface area contributed by atoms with Gasteiger partial charge < -0.3 is 24.8 Å². The third kappa shape index (κ3) is 4.23. The number of anilines is 2. The first-order valence-corrected chi connectivity index (χ1v) is 15.3. The Labute approximate surface area is 250 Å². The lowest BCUT2D eigenvalue weighted by Gasteiger charge is -2.23. The van der Waals surface area contributed by atoms with Gasteiger partial charge in [-0.05, 0) is 54.6 Å². The highest BCUT2D eigenvalue weighted by Gasteiger charge is 2.28. The minimum atomic E-state index is -3.73. The van der Waals surface area contributed by atoms with E-state index in [1.807, 2.05) is 16.7 Å². The monoisotopic (exact) mass is 612 g/mol. The first-order chi connectivity index (χ1) is 21.0. The number of sulfonamides is 1. The van der Waals surface area contributed by atoms with Crippen LogP contribution in [0.25, 0.3) is 55.8 Å². The second kappa shape index (κ2) is 9.81. The zero-order valence-corrected chi connectivity index (χ0v) is 24.6. The van der Waals surface area contributed by atoms with Gasteiger partial charge in [0.05, 0.1) is 34.4 Å². The highest BCUT2D eigenvalue weighted by Crippen LogP contribution is 2.43. The van der Waals surface area contributed by atoms with Crippen LogP contribution < -0.4 is 20.1 Å². The van der Waals surface area contributed by atoms with Crippen molar-refractivity contribution in [2.45, 2.75) is 6.73 Å². The number of halogens is 1. The van der Waals surface area contributed by atoms with Crippen LogP contribution in [-0.4, -0.2) is 49.2 Å². The van der Waals surface area contributed by atoms with E-state index in [0.717, 1.165) is 27.2 Å². The van der Waals surface area contributed by atoms with Gasteiger partial charge in [0.1, 0.15) is 34.4 Å². The van der Waals surface area contributed by atoms with Crippen molar-refractivity contribution in [1.29, 1.82) is 0 Å². The second-order valence-corrected chi connectivity index (χ2v) is 12.4. The van der Waals surface area contributed by atoms with E-state index in [-0.39, 0.29) is 29.3 Å². The number of amides is 1. The number of fused-ring (bicyclic) bond motifs is 6. The number of nitrogens with zero attached hydrogens (tertiary/aromatic N) is 4. The molecule has 0 atom stereocenters. The van der Waals surface area contributed by atoms with Crippen molar-refractivity contribution in [2.75, 3.05) is 30.4 Å². The summed E-state index contributed by atoms with van der Waals surface area (Å²) < 4.78 is 54.5. The molecule has 0 aliphatic carbocycles. The van der Waals surface area contributed by atoms with Gasteiger partial charge >= 0.3 is 0 Å². The number of carbonyl (C=O) groups is 1. The molecule has 222 valence electrons. The number of aromatic nitrogens is 3. The first-order valence-electron chi connectivity index (χ1n) is 13.5. The molecule has 7 rings (SSSR count). The molecule has 0 unspecified atom stereocenters. The van der Waals surface area contributed by atoms with Crippen molar-refractivity contribution in [1.82, 2.24) is 19.9 Å². The molecular weight excluding hydrogens is 587 g/mol. The van der Waals surface area contributed by atoms with Gasteiger partial charge in [0.15, 0.2) is 6.73 Å². The second-order valence-electron chi connectivity index (χ2n) is 10.4. The Kier molecular flexibility index (Phi) is 6.11. The van der Waals surface area contributed by atoms with E-state index in [9.17, 15) is 17.6 Å². The summed E-state index contributed by atoms with van der Waals surface area (Å²) in [6.07, 6.45) is 2.72. The summed E-state index contributed by atoms with van der Waals surface area (Å²) in [5.74, 6) is 0.268. The molecule has 1 amide bonds. The largest absolute Gasteiger partial charge is 0.470 e. The van der Waals surface area contributed by atoms with Crippen molar-refractivity contribution in [3.05, 3.63) is 78.2 Å². The summed E-state index contributed by atoms with van der Waals surface area (Å²) in [5, 5.41) is 3.82. The van der Waals surface area contributed by atoms with Crippen LogP contribution in [0.3, 0.4) is 0 Å². The Morgan fingerprint density at radius 1 is 1.09 bits per heavy atom. The zero-order chi connectivity index (χ0) is 30.9. The standard InChI is InChI=1S/C31H25FN6O5S/c1-34-31(39)27-20-12-18(23(37(2)44(3,40)41)14-26(20)43-29(27)16-4-6-17(32)7-5-16)21-8-9-25-28(36-21)24-13-19-22(38(24)15-42-25)10-11-35-30(19)33/h4-14H,15H2,1-3H3,(H2,33,35)(H,34,39). The summed E-state index contributed by atoms with van der Waals surface area (Å²) in [5.41, 5.74) is 10.4. The maximum atomic E-state index is 13.7. The lowest BCUT2D eigenvalue weighted by molar-refractivity contribution is 0.0964. The Balaban J connectivity index is 1.50. The molecule has 0 spiro atoms. The highest BCUT2D eigenvalue weighted by atomic mass is 32.2. The number of nitrogens with two attached hydrogens (primary N) is 1. The lowest BCUT2D eigenvalue weighted by Crippen LogP contribution is -2.25. The summed E-state index contributed by atoms with van der Waals surface area (Å²) in [4.78, 5) is 22.4. The van der Waals surface area contributed by atoms with Gasteiger partial charge in [0.25, 0.3) is 5.91 Å². The van der Waals surface area contributed by atoms with Gasteiger partial charge in [-0.25, -0.2) is 22.8 Å². The van der Waals surface area contributed by atoms with Crippen molar-refractivity contribution < 1.29 is 26.8 Å². The topological polar surface area (TPSA) is 146 Å². The fraction of sp³-hybridized carbons (Fsp3) is 0.129. The van der Waals surface area contributed by atoms with E-state index in [4.69, 9.17) is 19.9 Å². The van der Waals surface area contributed by atoms with E-state index in [1.54, 1.807) is 30.5 Å². The number of ether oxygens (including phenoxy) is 1. The minimum absolute atomic E-state index is 0.215. The quantitative estimate of drug-likeness (QED) is 0.277. The molecule has 0 radical (unpaired) electrons. The minimum Gasteiger partial charge on any atom is -0.470 e. The van der Waals surface area contributed by atoms with Crippen LogP contribution in [0.4, 0.5) is 15.9 Å². The normalized spacial score (nSPS) is 12.5. The summed E-state index contributed by atoms with van der Waals surface area (Å²) in [7, 11) is -0.807. The third-order valence-electron chi connectivity index (χ3n) is 7.79. The molecule has 11 nitrogen and oxygen atoms in total. The van der Waals surface area contributed by atoms with Crippen LogP contribution in [0.2, 0.25) is 0 Å². The van der Waals surface area contributed by atoms with Crippen LogP contribution in [0.5, 0.6) is 5.75 Å². The van der Waals surface area contributed by atoms with Gasteiger partial charge in [-0.1, -0.05) is 0 Å². The summed E-state index contributed by atoms with van der Waals surface area (Å²) >= 11 is 0. The predicted octanol–water partition coefficient (Wildman–Crippen LogP) is 5.01. The van der Waals surface area contributed by atoms with E-state index < -0.39 is 21.7 Å². The molecule has 0 bridgehead atoms. The zero-order valence-electron chi connectivity index (χ0n) is 23.8. The molecular formula is C31H25FN6O5S. The van der Waals surface area contributed by atoms with Gasteiger partial charge in [0.2, 0.25) is 10.0 Å². The molecule has 0 fully saturated rings. The Morgan fingerprint density at radius 3 is 2.59 bits per heavy atom. The van der Waals surface area contributed by atoms with Crippen molar-refractivity contribution in [3.63, 3.8) is 0 Å². The number of nitrogens with one attached hydrogen (secondary N) is 1. The summed E-state index contributed by atoms with van der Waals surface area (Å²) in [6.45, 7) is 0.251. The molecule has 4 aromatic heterocycles. The van der Waals surface area contributed by atoms with Crippen LogP contribution in [0.15, 0.2) is 71.3 Å². The fourth-order valence-corrected chi connectivity index (χ4v) is 6.01. The molecule has 6 aromatic rings. The number of furan rings is 1. The van der Waals surface area contributed by atoms with Gasteiger partial charge in [-0.15, -0.1) is 0 Å². The SMILES string of the molecule is CNC(=O)c1c(-c2ccc(F)cc2)oc2cc(N(C)S(C)(=O)=O)c(-c3ccc4c(n3)-c3cc5c(N)nccc5n3CO4)cc12. The van der Waals surface area contributed by atoms with E-state index in [2.05, 4.69) is 10.3 Å². The van der Waals surface area contributed by atoms with Crippen LogP contribution in [0, 0.1) is 5.82 Å². The van der Waals surface area contributed by atoms with Gasteiger partial charge in [-0.3, -0.25) is 9.10 Å². The third-order valence-corrected chi connectivity index (χ3v) is 8.98. The maximum Gasteiger partial charge on any atom is 0.255 e. The highest BCUT2D eigenvalue weighted by molar-refractivity contribution is 7.92. The van der Waals surface area contributed by atoms with Gasteiger partial charge in [-0.2, -0.15) is 0 Å². The fourth-order valence-electron chi connectivity index (χ4n) is 5.50. The molecule has 3 N–H and O–H groups in total. The maximum absolute atomic E-state index is 13.7. The average molecular weight is 613 g/mol. The van der Waals surface area contributed by atoms with Crippen molar-refractivity contribution >= 4 is 49.3 Å². The van der Waals surface area contributed by atoms with Gasteiger partial charge in [0, 0.05) is 48.3 Å². The van der Waals surface area contributed by atoms with Crippen LogP contribution in [0.1, 0.15) is 10.4 Å². The van der Waals surface area contributed by atoms with E-state index >= 15 is 0 Å². The van der Waals surface area contributed by atoms with Crippen LogP contribution >= 0.6 is 0 Å². The Bertz CT molecular complexity index is 2260.